The lowest BCUT2D eigenvalue weighted by molar-refractivity contribution is 0.545. The minimum atomic E-state index is -3.48. The standard InChI is InChI=1S/C18H22N4O3S/c1-13-3-6-16(7-4-13)26(23,24)21-10-9-19-11-15-12-20-22-18(15)17-8-5-14(2)25-17/h3-8,12,19,21H,9-11H2,1-2H3,(H,20,22). The molecule has 26 heavy (non-hydrogen) atoms. The van der Waals surface area contributed by atoms with Gasteiger partial charge in [0, 0.05) is 25.2 Å². The van der Waals surface area contributed by atoms with Crippen LogP contribution in [-0.4, -0.2) is 31.7 Å². The first-order valence-corrected chi connectivity index (χ1v) is 9.80. The second-order valence-corrected chi connectivity index (χ2v) is 7.84. The fourth-order valence-electron chi connectivity index (χ4n) is 2.52. The molecule has 0 saturated carbocycles. The van der Waals surface area contributed by atoms with Gasteiger partial charge in [0.1, 0.15) is 11.5 Å². The summed E-state index contributed by atoms with van der Waals surface area (Å²) in [6.07, 6.45) is 1.73. The summed E-state index contributed by atoms with van der Waals surface area (Å²) in [7, 11) is -3.48. The van der Waals surface area contributed by atoms with Gasteiger partial charge in [-0.2, -0.15) is 5.10 Å². The van der Waals surface area contributed by atoms with Crippen LogP contribution in [0.3, 0.4) is 0 Å². The van der Waals surface area contributed by atoms with Crippen molar-refractivity contribution in [2.24, 2.45) is 0 Å². The summed E-state index contributed by atoms with van der Waals surface area (Å²) >= 11 is 0. The van der Waals surface area contributed by atoms with Crippen molar-refractivity contribution in [1.29, 1.82) is 0 Å². The summed E-state index contributed by atoms with van der Waals surface area (Å²) < 4.78 is 32.6. The van der Waals surface area contributed by atoms with Crippen molar-refractivity contribution in [2.75, 3.05) is 13.1 Å². The van der Waals surface area contributed by atoms with Gasteiger partial charge in [-0.15, -0.1) is 0 Å². The van der Waals surface area contributed by atoms with Gasteiger partial charge < -0.3 is 9.73 Å². The number of hydrogen-bond donors (Lipinski definition) is 3. The highest BCUT2D eigenvalue weighted by Gasteiger charge is 2.13. The molecule has 0 bridgehead atoms. The SMILES string of the molecule is Cc1ccc(S(=O)(=O)NCCNCc2cn[nH]c2-c2ccc(C)o2)cc1. The summed E-state index contributed by atoms with van der Waals surface area (Å²) in [5, 5.41) is 10.2. The van der Waals surface area contributed by atoms with Crippen LogP contribution in [0.25, 0.3) is 11.5 Å². The molecule has 0 aliphatic rings. The predicted molar refractivity (Wildman–Crippen MR) is 99.1 cm³/mol. The molecule has 0 aliphatic heterocycles. The Morgan fingerprint density at radius 1 is 1.08 bits per heavy atom. The van der Waals surface area contributed by atoms with Crippen LogP contribution in [0, 0.1) is 13.8 Å². The Morgan fingerprint density at radius 3 is 2.54 bits per heavy atom. The number of rotatable bonds is 8. The smallest absolute Gasteiger partial charge is 0.240 e. The Morgan fingerprint density at radius 2 is 1.85 bits per heavy atom. The Balaban J connectivity index is 1.49. The van der Waals surface area contributed by atoms with Gasteiger partial charge in [0.2, 0.25) is 10.0 Å². The van der Waals surface area contributed by atoms with E-state index in [-0.39, 0.29) is 4.90 Å². The van der Waals surface area contributed by atoms with E-state index < -0.39 is 10.0 Å². The van der Waals surface area contributed by atoms with Crippen LogP contribution in [0.5, 0.6) is 0 Å². The van der Waals surface area contributed by atoms with Gasteiger partial charge in [0.05, 0.1) is 11.1 Å². The molecule has 0 radical (unpaired) electrons. The van der Waals surface area contributed by atoms with E-state index in [1.54, 1.807) is 30.5 Å². The quantitative estimate of drug-likeness (QED) is 0.526. The van der Waals surface area contributed by atoms with E-state index in [4.69, 9.17) is 4.42 Å². The Labute approximate surface area is 152 Å². The number of aromatic amines is 1. The van der Waals surface area contributed by atoms with Gasteiger partial charge in [-0.25, -0.2) is 13.1 Å². The summed E-state index contributed by atoms with van der Waals surface area (Å²) in [5.74, 6) is 1.57. The first-order valence-electron chi connectivity index (χ1n) is 8.32. The topological polar surface area (TPSA) is 100 Å². The summed E-state index contributed by atoms with van der Waals surface area (Å²) in [6.45, 7) is 5.15. The fraction of sp³-hybridized carbons (Fsp3) is 0.278. The molecular formula is C18H22N4O3S. The lowest BCUT2D eigenvalue weighted by Gasteiger charge is -2.08. The highest BCUT2D eigenvalue weighted by molar-refractivity contribution is 7.89. The van der Waals surface area contributed by atoms with Gasteiger partial charge in [-0.3, -0.25) is 5.10 Å². The molecular weight excluding hydrogens is 352 g/mol. The van der Waals surface area contributed by atoms with Crippen LogP contribution in [0.15, 0.2) is 51.9 Å². The van der Waals surface area contributed by atoms with Gasteiger partial charge in [-0.1, -0.05) is 17.7 Å². The minimum Gasteiger partial charge on any atom is -0.460 e. The number of benzene rings is 1. The molecule has 0 saturated heterocycles. The number of H-pyrrole nitrogens is 1. The number of furan rings is 1. The van der Waals surface area contributed by atoms with Gasteiger partial charge >= 0.3 is 0 Å². The first-order chi connectivity index (χ1) is 12.5. The van der Waals surface area contributed by atoms with Crippen LogP contribution < -0.4 is 10.0 Å². The molecule has 2 heterocycles. The maximum Gasteiger partial charge on any atom is 0.240 e. The second-order valence-electron chi connectivity index (χ2n) is 6.07. The lowest BCUT2D eigenvalue weighted by atomic mass is 10.2. The molecule has 7 nitrogen and oxygen atoms in total. The van der Waals surface area contributed by atoms with Crippen LogP contribution in [-0.2, 0) is 16.6 Å². The molecule has 3 rings (SSSR count). The first kappa shape index (κ1) is 18.4. The van der Waals surface area contributed by atoms with Crippen molar-refractivity contribution in [3.63, 3.8) is 0 Å². The number of aromatic nitrogens is 2. The molecule has 3 aromatic rings. The Bertz CT molecular complexity index is 958. The number of sulfonamides is 1. The molecule has 0 unspecified atom stereocenters. The van der Waals surface area contributed by atoms with E-state index in [2.05, 4.69) is 20.2 Å². The van der Waals surface area contributed by atoms with Crippen molar-refractivity contribution < 1.29 is 12.8 Å². The normalized spacial score (nSPS) is 11.8. The van der Waals surface area contributed by atoms with Gasteiger partial charge in [-0.05, 0) is 38.1 Å². The predicted octanol–water partition coefficient (Wildman–Crippen LogP) is 2.35. The zero-order chi connectivity index (χ0) is 18.6. The van der Waals surface area contributed by atoms with Crippen LogP contribution >= 0.6 is 0 Å². The van der Waals surface area contributed by atoms with Crippen molar-refractivity contribution in [3.05, 3.63) is 59.5 Å². The third-order valence-corrected chi connectivity index (χ3v) is 5.42. The number of hydrogen-bond acceptors (Lipinski definition) is 5. The van der Waals surface area contributed by atoms with Crippen LogP contribution in [0.2, 0.25) is 0 Å². The van der Waals surface area contributed by atoms with Gasteiger partial charge in [0.25, 0.3) is 0 Å². The summed E-state index contributed by atoms with van der Waals surface area (Å²) in [6, 6.07) is 10.6. The van der Waals surface area contributed by atoms with E-state index in [0.29, 0.717) is 19.6 Å². The van der Waals surface area contributed by atoms with Crippen LogP contribution in [0.4, 0.5) is 0 Å². The van der Waals surface area contributed by atoms with E-state index >= 15 is 0 Å². The number of nitrogens with one attached hydrogen (secondary N) is 3. The fourth-order valence-corrected chi connectivity index (χ4v) is 3.56. The molecule has 0 atom stereocenters. The molecule has 0 amide bonds. The van der Waals surface area contributed by atoms with Crippen molar-refractivity contribution >= 4 is 10.0 Å². The molecule has 1 aromatic carbocycles. The maximum absolute atomic E-state index is 12.2. The van der Waals surface area contributed by atoms with Crippen molar-refractivity contribution in [2.45, 2.75) is 25.3 Å². The highest BCUT2D eigenvalue weighted by atomic mass is 32.2. The van der Waals surface area contributed by atoms with E-state index in [1.165, 1.54) is 0 Å². The highest BCUT2D eigenvalue weighted by Crippen LogP contribution is 2.23. The minimum absolute atomic E-state index is 0.272. The van der Waals surface area contributed by atoms with Crippen molar-refractivity contribution in [1.82, 2.24) is 20.2 Å². The summed E-state index contributed by atoms with van der Waals surface area (Å²) in [5.41, 5.74) is 2.81. The zero-order valence-electron chi connectivity index (χ0n) is 14.7. The average molecular weight is 374 g/mol. The number of aryl methyl sites for hydroxylation is 2. The largest absolute Gasteiger partial charge is 0.460 e. The second kappa shape index (κ2) is 7.86. The maximum atomic E-state index is 12.2. The molecule has 0 fully saturated rings. The molecule has 0 spiro atoms. The Hall–Kier alpha value is -2.42. The molecule has 8 heteroatoms. The van der Waals surface area contributed by atoms with Crippen molar-refractivity contribution in [3.8, 4) is 11.5 Å². The molecule has 138 valence electrons. The molecule has 3 N–H and O–H groups in total. The zero-order valence-corrected chi connectivity index (χ0v) is 15.6. The monoisotopic (exact) mass is 374 g/mol. The lowest BCUT2D eigenvalue weighted by Crippen LogP contribution is -2.31. The summed E-state index contributed by atoms with van der Waals surface area (Å²) in [4.78, 5) is 0.272. The number of nitrogens with zero attached hydrogens (tertiary/aromatic N) is 1. The average Bonchev–Trinajstić information content (AvgIpc) is 3.23. The van der Waals surface area contributed by atoms with E-state index in [9.17, 15) is 8.42 Å². The molecule has 2 aromatic heterocycles. The molecule has 0 aliphatic carbocycles. The van der Waals surface area contributed by atoms with E-state index in [0.717, 1.165) is 28.3 Å². The van der Waals surface area contributed by atoms with Gasteiger partial charge in [0.15, 0.2) is 5.76 Å². The van der Waals surface area contributed by atoms with E-state index in [1.807, 2.05) is 26.0 Å². The Kier molecular flexibility index (Phi) is 5.55. The third-order valence-electron chi connectivity index (χ3n) is 3.95. The third kappa shape index (κ3) is 4.40. The van der Waals surface area contributed by atoms with Crippen LogP contribution in [0.1, 0.15) is 16.9 Å².